The molecule has 3 N–H and O–H groups in total. The lowest BCUT2D eigenvalue weighted by Gasteiger charge is -2.19. The molecule has 0 radical (unpaired) electrons. The van der Waals surface area contributed by atoms with Crippen LogP contribution in [0.15, 0.2) is 17.5 Å². The summed E-state index contributed by atoms with van der Waals surface area (Å²) in [7, 11) is 0. The Balaban J connectivity index is 2.32. The van der Waals surface area contributed by atoms with E-state index in [9.17, 15) is 9.59 Å². The number of nitrogens with zero attached hydrogens (tertiary/aromatic N) is 1. The van der Waals surface area contributed by atoms with Gasteiger partial charge >= 0.3 is 6.03 Å². The molecule has 1 saturated heterocycles. The average molecular weight is 269 g/mol. The van der Waals surface area contributed by atoms with E-state index in [0.717, 1.165) is 9.78 Å². The molecular formula is C10H11N3O2S2. The van der Waals surface area contributed by atoms with Gasteiger partial charge in [0.05, 0.1) is 11.5 Å². The number of amides is 3. The van der Waals surface area contributed by atoms with Gasteiger partial charge in [-0.05, 0) is 18.4 Å². The second-order valence-electron chi connectivity index (χ2n) is 3.89. The second-order valence-corrected chi connectivity index (χ2v) is 5.36. The summed E-state index contributed by atoms with van der Waals surface area (Å²) >= 11 is 6.14. The first kappa shape index (κ1) is 12.0. The first-order valence-corrected chi connectivity index (χ1v) is 6.20. The van der Waals surface area contributed by atoms with Gasteiger partial charge in [0.1, 0.15) is 0 Å². The van der Waals surface area contributed by atoms with Crippen LogP contribution >= 0.6 is 23.6 Å². The first-order valence-electron chi connectivity index (χ1n) is 4.91. The molecule has 0 spiro atoms. The van der Waals surface area contributed by atoms with Crippen molar-refractivity contribution < 1.29 is 9.59 Å². The lowest BCUT2D eigenvalue weighted by Crippen LogP contribution is -2.41. The van der Waals surface area contributed by atoms with E-state index in [1.54, 1.807) is 6.92 Å². The van der Waals surface area contributed by atoms with Crippen molar-refractivity contribution in [2.75, 3.05) is 6.54 Å². The molecule has 1 unspecified atom stereocenters. The minimum absolute atomic E-state index is 0.0268. The summed E-state index contributed by atoms with van der Waals surface area (Å²) in [5.41, 5.74) is 4.36. The van der Waals surface area contributed by atoms with Crippen LogP contribution in [0.2, 0.25) is 0 Å². The quantitative estimate of drug-likeness (QED) is 0.629. The zero-order valence-electron chi connectivity index (χ0n) is 9.10. The summed E-state index contributed by atoms with van der Waals surface area (Å²) in [6.07, 6.45) is 0. The van der Waals surface area contributed by atoms with Gasteiger partial charge in [-0.3, -0.25) is 9.69 Å². The van der Waals surface area contributed by atoms with E-state index in [1.165, 1.54) is 11.3 Å². The van der Waals surface area contributed by atoms with Gasteiger partial charge < -0.3 is 11.1 Å². The lowest BCUT2D eigenvalue weighted by atomic mass is 10.0. The number of urea groups is 1. The maximum atomic E-state index is 12.2. The maximum absolute atomic E-state index is 12.2. The van der Waals surface area contributed by atoms with E-state index in [0.29, 0.717) is 0 Å². The fourth-order valence-electron chi connectivity index (χ4n) is 1.73. The number of carbonyl (C=O) groups excluding carboxylic acids is 2. The predicted octanol–water partition coefficient (Wildman–Crippen LogP) is 0.801. The molecule has 2 heterocycles. The number of thiocarbonyl (C=S) groups is 1. The molecule has 2 rings (SSSR count). The standard InChI is InChI=1S/C10H11N3O2S2/c1-10(6-3-2-4-17-6)8(14)13(5-7(11)16)9(15)12-10/h2-4H,5H2,1H3,(H2,11,16)(H,12,15). The third kappa shape index (κ3) is 1.91. The Morgan fingerprint density at radius 3 is 2.88 bits per heavy atom. The van der Waals surface area contributed by atoms with Crippen molar-refractivity contribution in [2.45, 2.75) is 12.5 Å². The molecule has 1 aliphatic rings. The van der Waals surface area contributed by atoms with Crippen LogP contribution in [-0.4, -0.2) is 28.4 Å². The SMILES string of the molecule is CC1(c2cccs2)NC(=O)N(CC(N)=S)C1=O. The highest BCUT2D eigenvalue weighted by molar-refractivity contribution is 7.80. The third-order valence-electron chi connectivity index (χ3n) is 2.60. The predicted molar refractivity (Wildman–Crippen MR) is 68.7 cm³/mol. The molecular weight excluding hydrogens is 258 g/mol. The maximum Gasteiger partial charge on any atom is 0.325 e. The van der Waals surface area contributed by atoms with Crippen LogP contribution in [0.4, 0.5) is 4.79 Å². The Kier molecular flexibility index (Phi) is 2.88. The van der Waals surface area contributed by atoms with Crippen LogP contribution in [0, 0.1) is 0 Å². The highest BCUT2D eigenvalue weighted by Crippen LogP contribution is 2.31. The first-order chi connectivity index (χ1) is 7.95. The van der Waals surface area contributed by atoms with Crippen LogP contribution in [0.5, 0.6) is 0 Å². The van der Waals surface area contributed by atoms with Crippen LogP contribution in [0.1, 0.15) is 11.8 Å². The number of nitrogens with two attached hydrogens (primary N) is 1. The summed E-state index contributed by atoms with van der Waals surface area (Å²) in [6.45, 7) is 1.65. The van der Waals surface area contributed by atoms with E-state index in [-0.39, 0.29) is 17.4 Å². The average Bonchev–Trinajstić information content (AvgIpc) is 2.83. The van der Waals surface area contributed by atoms with Crippen LogP contribution in [0.25, 0.3) is 0 Å². The van der Waals surface area contributed by atoms with Gasteiger partial charge in [0.15, 0.2) is 5.54 Å². The Labute approximate surface area is 108 Å². The number of rotatable bonds is 3. The van der Waals surface area contributed by atoms with Crippen LogP contribution in [0.3, 0.4) is 0 Å². The number of hydrogen-bond donors (Lipinski definition) is 2. The molecule has 1 aliphatic heterocycles. The molecule has 5 nitrogen and oxygen atoms in total. The zero-order chi connectivity index (χ0) is 12.6. The van der Waals surface area contributed by atoms with Crippen molar-refractivity contribution in [1.82, 2.24) is 10.2 Å². The zero-order valence-corrected chi connectivity index (χ0v) is 10.7. The summed E-state index contributed by atoms with van der Waals surface area (Å²) in [6, 6.07) is 3.19. The van der Waals surface area contributed by atoms with Crippen LogP contribution < -0.4 is 11.1 Å². The molecule has 90 valence electrons. The second kappa shape index (κ2) is 4.08. The minimum Gasteiger partial charge on any atom is -0.392 e. The molecule has 1 atom stereocenters. The Hall–Kier alpha value is -1.47. The number of carbonyl (C=O) groups is 2. The largest absolute Gasteiger partial charge is 0.392 e. The normalized spacial score (nSPS) is 23.9. The molecule has 0 aliphatic carbocycles. The topological polar surface area (TPSA) is 75.4 Å². The van der Waals surface area contributed by atoms with Crippen molar-refractivity contribution in [1.29, 1.82) is 0 Å². The molecule has 0 aromatic carbocycles. The van der Waals surface area contributed by atoms with Crippen molar-refractivity contribution in [3.8, 4) is 0 Å². The van der Waals surface area contributed by atoms with E-state index < -0.39 is 11.6 Å². The Bertz CT molecular complexity index is 486. The van der Waals surface area contributed by atoms with Crippen molar-refractivity contribution in [3.63, 3.8) is 0 Å². The number of thiophene rings is 1. The third-order valence-corrected chi connectivity index (χ3v) is 3.82. The lowest BCUT2D eigenvalue weighted by molar-refractivity contribution is -0.130. The molecule has 0 bridgehead atoms. The fraction of sp³-hybridized carbons (Fsp3) is 0.300. The summed E-state index contributed by atoms with van der Waals surface area (Å²) < 4.78 is 0. The fourth-order valence-corrected chi connectivity index (χ4v) is 2.69. The van der Waals surface area contributed by atoms with Crippen molar-refractivity contribution in [2.24, 2.45) is 5.73 Å². The van der Waals surface area contributed by atoms with E-state index in [2.05, 4.69) is 5.32 Å². The number of imide groups is 1. The molecule has 17 heavy (non-hydrogen) atoms. The van der Waals surface area contributed by atoms with Crippen LogP contribution in [-0.2, 0) is 10.3 Å². The van der Waals surface area contributed by atoms with Gasteiger partial charge in [0, 0.05) is 4.88 Å². The smallest absolute Gasteiger partial charge is 0.325 e. The molecule has 7 heteroatoms. The summed E-state index contributed by atoms with van der Waals surface area (Å²) in [5.74, 6) is -0.322. The highest BCUT2D eigenvalue weighted by Gasteiger charge is 2.49. The summed E-state index contributed by atoms with van der Waals surface area (Å²) in [5, 5.41) is 4.53. The molecule has 1 fully saturated rings. The minimum atomic E-state index is -1.00. The van der Waals surface area contributed by atoms with Crippen molar-refractivity contribution >= 4 is 40.5 Å². The highest BCUT2D eigenvalue weighted by atomic mass is 32.1. The van der Waals surface area contributed by atoms with Gasteiger partial charge in [-0.25, -0.2) is 4.79 Å². The van der Waals surface area contributed by atoms with Crippen molar-refractivity contribution in [3.05, 3.63) is 22.4 Å². The van der Waals surface area contributed by atoms with Gasteiger partial charge in [0.25, 0.3) is 5.91 Å². The molecule has 1 aromatic heterocycles. The Morgan fingerprint density at radius 1 is 1.65 bits per heavy atom. The van der Waals surface area contributed by atoms with Gasteiger partial charge in [0.2, 0.25) is 0 Å². The van der Waals surface area contributed by atoms with Gasteiger partial charge in [-0.15, -0.1) is 11.3 Å². The van der Waals surface area contributed by atoms with E-state index in [4.69, 9.17) is 18.0 Å². The van der Waals surface area contributed by atoms with Gasteiger partial charge in [-0.2, -0.15) is 0 Å². The molecule has 1 aromatic rings. The molecule has 0 saturated carbocycles. The number of hydrogen-bond acceptors (Lipinski definition) is 4. The summed E-state index contributed by atoms with van der Waals surface area (Å²) in [4.78, 5) is 25.9. The van der Waals surface area contributed by atoms with E-state index in [1.807, 2.05) is 17.5 Å². The Morgan fingerprint density at radius 2 is 2.35 bits per heavy atom. The van der Waals surface area contributed by atoms with Gasteiger partial charge in [-0.1, -0.05) is 18.3 Å². The number of nitrogens with one attached hydrogen (secondary N) is 1. The molecule has 3 amide bonds. The van der Waals surface area contributed by atoms with E-state index >= 15 is 0 Å². The monoisotopic (exact) mass is 269 g/mol.